The van der Waals surface area contributed by atoms with Crippen molar-refractivity contribution in [3.8, 4) is 0 Å². The van der Waals surface area contributed by atoms with Gasteiger partial charge in [0, 0.05) is 52.9 Å². The summed E-state index contributed by atoms with van der Waals surface area (Å²) in [6.07, 6.45) is 0. The van der Waals surface area contributed by atoms with Gasteiger partial charge in [0.15, 0.2) is 0 Å². The molecule has 106 valence electrons. The molecule has 1 aliphatic rings. The standard InChI is InChI=1S/C13H23N5O/c1-11-14-12(16(2)3)10-13(15-11)18-6-4-17(5-7-18)8-9-19/h10,19H,4-9H2,1-3H3. The average Bonchev–Trinajstić information content (AvgIpc) is 2.39. The zero-order valence-corrected chi connectivity index (χ0v) is 12.0. The summed E-state index contributed by atoms with van der Waals surface area (Å²) in [5, 5.41) is 8.95. The molecule has 0 unspecified atom stereocenters. The van der Waals surface area contributed by atoms with Gasteiger partial charge in [0.2, 0.25) is 0 Å². The second-order valence-electron chi connectivity index (χ2n) is 5.08. The van der Waals surface area contributed by atoms with Crippen molar-refractivity contribution in [3.63, 3.8) is 0 Å². The number of nitrogens with zero attached hydrogens (tertiary/aromatic N) is 5. The molecule has 2 heterocycles. The van der Waals surface area contributed by atoms with E-state index in [4.69, 9.17) is 5.11 Å². The summed E-state index contributed by atoms with van der Waals surface area (Å²) >= 11 is 0. The summed E-state index contributed by atoms with van der Waals surface area (Å²) in [4.78, 5) is 15.5. The largest absolute Gasteiger partial charge is 0.395 e. The van der Waals surface area contributed by atoms with Gasteiger partial charge < -0.3 is 14.9 Å². The highest BCUT2D eigenvalue weighted by atomic mass is 16.3. The van der Waals surface area contributed by atoms with Crippen molar-refractivity contribution in [2.75, 3.05) is 63.2 Å². The Morgan fingerprint density at radius 1 is 1.21 bits per heavy atom. The number of aromatic nitrogens is 2. The molecule has 19 heavy (non-hydrogen) atoms. The average molecular weight is 265 g/mol. The first-order chi connectivity index (χ1) is 9.10. The van der Waals surface area contributed by atoms with Crippen LogP contribution < -0.4 is 9.80 Å². The molecule has 1 aromatic rings. The maximum Gasteiger partial charge on any atom is 0.134 e. The maximum absolute atomic E-state index is 8.95. The van der Waals surface area contributed by atoms with E-state index < -0.39 is 0 Å². The molecule has 0 aliphatic carbocycles. The molecule has 0 aromatic carbocycles. The van der Waals surface area contributed by atoms with Crippen molar-refractivity contribution in [2.24, 2.45) is 0 Å². The minimum Gasteiger partial charge on any atom is -0.395 e. The molecule has 0 spiro atoms. The summed E-state index contributed by atoms with van der Waals surface area (Å²) in [5.41, 5.74) is 0. The van der Waals surface area contributed by atoms with Crippen LogP contribution in [0.2, 0.25) is 0 Å². The van der Waals surface area contributed by atoms with E-state index >= 15 is 0 Å². The minimum atomic E-state index is 0.234. The van der Waals surface area contributed by atoms with Gasteiger partial charge >= 0.3 is 0 Å². The van der Waals surface area contributed by atoms with Crippen molar-refractivity contribution in [2.45, 2.75) is 6.92 Å². The van der Waals surface area contributed by atoms with Gasteiger partial charge in [-0.25, -0.2) is 9.97 Å². The van der Waals surface area contributed by atoms with Crippen molar-refractivity contribution < 1.29 is 5.11 Å². The number of piperazine rings is 1. The number of anilines is 2. The summed E-state index contributed by atoms with van der Waals surface area (Å²) in [5.74, 6) is 2.75. The number of aliphatic hydroxyl groups excluding tert-OH is 1. The van der Waals surface area contributed by atoms with Crippen molar-refractivity contribution in [3.05, 3.63) is 11.9 Å². The van der Waals surface area contributed by atoms with Gasteiger partial charge in [-0.1, -0.05) is 0 Å². The molecule has 0 saturated carbocycles. The first kappa shape index (κ1) is 14.0. The smallest absolute Gasteiger partial charge is 0.134 e. The Balaban J connectivity index is 2.06. The molecule has 0 atom stereocenters. The molecule has 1 aliphatic heterocycles. The van der Waals surface area contributed by atoms with Gasteiger partial charge in [-0.3, -0.25) is 4.90 Å². The van der Waals surface area contributed by atoms with Crippen LogP contribution in [0, 0.1) is 6.92 Å². The molecule has 0 amide bonds. The van der Waals surface area contributed by atoms with E-state index in [1.807, 2.05) is 32.0 Å². The van der Waals surface area contributed by atoms with Crippen LogP contribution in [0.1, 0.15) is 5.82 Å². The predicted octanol–water partition coefficient (Wildman–Crippen LogP) is -0.0347. The molecule has 1 aromatic heterocycles. The summed E-state index contributed by atoms with van der Waals surface area (Å²) in [6, 6.07) is 2.04. The molecule has 0 radical (unpaired) electrons. The van der Waals surface area contributed by atoms with Crippen molar-refractivity contribution in [1.82, 2.24) is 14.9 Å². The molecule has 0 bridgehead atoms. The number of aliphatic hydroxyl groups is 1. The minimum absolute atomic E-state index is 0.234. The topological polar surface area (TPSA) is 55.7 Å². The fraction of sp³-hybridized carbons (Fsp3) is 0.692. The summed E-state index contributed by atoms with van der Waals surface area (Å²) < 4.78 is 0. The van der Waals surface area contributed by atoms with E-state index in [1.54, 1.807) is 0 Å². The summed E-state index contributed by atoms with van der Waals surface area (Å²) in [6.45, 7) is 6.77. The lowest BCUT2D eigenvalue weighted by Crippen LogP contribution is -2.47. The third kappa shape index (κ3) is 3.54. The number of hydrogen-bond acceptors (Lipinski definition) is 6. The Labute approximate surface area is 114 Å². The van der Waals surface area contributed by atoms with Gasteiger partial charge in [-0.05, 0) is 6.92 Å². The fourth-order valence-electron chi connectivity index (χ4n) is 2.27. The van der Waals surface area contributed by atoms with Crippen LogP contribution in [0.4, 0.5) is 11.6 Å². The Kier molecular flexibility index (Phi) is 4.55. The van der Waals surface area contributed by atoms with Gasteiger partial charge in [0.1, 0.15) is 17.5 Å². The first-order valence-electron chi connectivity index (χ1n) is 6.71. The van der Waals surface area contributed by atoms with E-state index in [9.17, 15) is 0 Å². The van der Waals surface area contributed by atoms with Crippen LogP contribution in [0.3, 0.4) is 0 Å². The molecule has 1 N–H and O–H groups in total. The highest BCUT2D eigenvalue weighted by Gasteiger charge is 2.18. The maximum atomic E-state index is 8.95. The van der Waals surface area contributed by atoms with Crippen LogP contribution >= 0.6 is 0 Å². The van der Waals surface area contributed by atoms with E-state index in [2.05, 4.69) is 19.8 Å². The van der Waals surface area contributed by atoms with Crippen LogP contribution in [0.15, 0.2) is 6.07 Å². The van der Waals surface area contributed by atoms with Gasteiger partial charge in [0.25, 0.3) is 0 Å². The van der Waals surface area contributed by atoms with Crippen LogP contribution in [0.25, 0.3) is 0 Å². The molecule has 6 nitrogen and oxygen atoms in total. The van der Waals surface area contributed by atoms with Gasteiger partial charge in [-0.2, -0.15) is 0 Å². The molecule has 1 fully saturated rings. The quantitative estimate of drug-likeness (QED) is 0.825. The normalized spacial score (nSPS) is 16.7. The lowest BCUT2D eigenvalue weighted by atomic mass is 10.3. The highest BCUT2D eigenvalue weighted by Crippen LogP contribution is 2.18. The number of β-amino-alcohol motifs (C(OH)–C–C–N with tert-alkyl or cyclic N) is 1. The lowest BCUT2D eigenvalue weighted by molar-refractivity contribution is 0.188. The number of aryl methyl sites for hydroxylation is 1. The third-order valence-electron chi connectivity index (χ3n) is 3.38. The molecule has 1 saturated heterocycles. The van der Waals surface area contributed by atoms with E-state index in [0.717, 1.165) is 50.2 Å². The SMILES string of the molecule is Cc1nc(N(C)C)cc(N2CCN(CCO)CC2)n1. The van der Waals surface area contributed by atoms with Crippen molar-refractivity contribution in [1.29, 1.82) is 0 Å². The molecule has 6 heteroatoms. The molecular weight excluding hydrogens is 242 g/mol. The first-order valence-corrected chi connectivity index (χ1v) is 6.71. The third-order valence-corrected chi connectivity index (χ3v) is 3.38. The number of rotatable bonds is 4. The fourth-order valence-corrected chi connectivity index (χ4v) is 2.27. The molecular formula is C13H23N5O. The van der Waals surface area contributed by atoms with Crippen LogP contribution in [0.5, 0.6) is 0 Å². The number of hydrogen-bond donors (Lipinski definition) is 1. The Bertz CT molecular complexity index is 415. The molecule has 2 rings (SSSR count). The zero-order chi connectivity index (χ0) is 13.8. The van der Waals surface area contributed by atoms with Crippen molar-refractivity contribution >= 4 is 11.6 Å². The zero-order valence-electron chi connectivity index (χ0n) is 12.0. The van der Waals surface area contributed by atoms with Crippen LogP contribution in [-0.4, -0.2) is 73.4 Å². The highest BCUT2D eigenvalue weighted by molar-refractivity contribution is 5.50. The lowest BCUT2D eigenvalue weighted by Gasteiger charge is -2.35. The monoisotopic (exact) mass is 265 g/mol. The van der Waals surface area contributed by atoms with Gasteiger partial charge in [-0.15, -0.1) is 0 Å². The van der Waals surface area contributed by atoms with E-state index in [0.29, 0.717) is 0 Å². The summed E-state index contributed by atoms with van der Waals surface area (Å²) in [7, 11) is 3.98. The van der Waals surface area contributed by atoms with Gasteiger partial charge in [0.05, 0.1) is 6.61 Å². The van der Waals surface area contributed by atoms with E-state index in [-0.39, 0.29) is 6.61 Å². The Hall–Kier alpha value is -1.40. The van der Waals surface area contributed by atoms with Crippen LogP contribution in [-0.2, 0) is 0 Å². The Morgan fingerprint density at radius 2 is 1.89 bits per heavy atom. The second-order valence-corrected chi connectivity index (χ2v) is 5.08. The Morgan fingerprint density at radius 3 is 2.47 bits per heavy atom. The second kappa shape index (κ2) is 6.16. The predicted molar refractivity (Wildman–Crippen MR) is 76.8 cm³/mol. The van der Waals surface area contributed by atoms with E-state index in [1.165, 1.54) is 0 Å².